The second-order valence-corrected chi connectivity index (χ2v) is 1.23. The summed E-state index contributed by atoms with van der Waals surface area (Å²) >= 11 is 8.98. The van der Waals surface area contributed by atoms with Gasteiger partial charge in [0, 0.05) is 27.3 Å². The number of rotatable bonds is 1. The Morgan fingerprint density at radius 2 is 1.14 bits per heavy atom. The van der Waals surface area contributed by atoms with Crippen molar-refractivity contribution in [3.8, 4) is 0 Å². The Kier molecular flexibility index (Phi) is 7.67. The van der Waals surface area contributed by atoms with Crippen molar-refractivity contribution < 1.29 is 9.59 Å². The fraction of sp³-hybridized carbons (Fsp3) is 0. The van der Waals surface area contributed by atoms with Crippen molar-refractivity contribution in [1.82, 2.24) is 0 Å². The van der Waals surface area contributed by atoms with Crippen molar-refractivity contribution in [3.63, 3.8) is 0 Å². The zero-order chi connectivity index (χ0) is 5.15. The van der Waals surface area contributed by atoms with Gasteiger partial charge in [-0.2, -0.15) is 0 Å². The summed E-state index contributed by atoms with van der Waals surface area (Å²) < 4.78 is 0. The first-order valence-electron chi connectivity index (χ1n) is 1.04. The zero-order valence-corrected chi connectivity index (χ0v) is 8.47. The first-order chi connectivity index (χ1) is 2.64. The van der Waals surface area contributed by atoms with Gasteiger partial charge < -0.3 is 0 Å². The molecule has 5 heteroatoms. The Labute approximate surface area is 70.3 Å². The smallest absolute Gasteiger partial charge is 0.271 e. The third kappa shape index (κ3) is 6.84. The molecule has 2 nitrogen and oxygen atoms in total. The van der Waals surface area contributed by atoms with Crippen LogP contribution in [0.15, 0.2) is 0 Å². The third-order valence-electron chi connectivity index (χ3n) is 0.155. The molecule has 0 saturated heterocycles. The van der Waals surface area contributed by atoms with Gasteiger partial charge in [-0.3, -0.25) is 9.59 Å². The monoisotopic (exact) mass is 334 g/mol. The van der Waals surface area contributed by atoms with E-state index in [9.17, 15) is 9.59 Å². The maximum atomic E-state index is 9.43. The summed E-state index contributed by atoms with van der Waals surface area (Å²) in [5.74, 6) is 0. The molecule has 0 aromatic rings. The molecule has 0 atom stereocenters. The molecular formula is C2Cl2O2Pb. The van der Waals surface area contributed by atoms with Crippen LogP contribution in [0.25, 0.3) is 0 Å². The van der Waals surface area contributed by atoms with Gasteiger partial charge in [-0.25, -0.2) is 0 Å². The molecule has 0 aromatic heterocycles. The van der Waals surface area contributed by atoms with Crippen LogP contribution in [0.3, 0.4) is 0 Å². The molecule has 0 heterocycles. The van der Waals surface area contributed by atoms with Gasteiger partial charge in [0.1, 0.15) is 0 Å². The van der Waals surface area contributed by atoms with Crippen molar-refractivity contribution in [2.24, 2.45) is 0 Å². The molecule has 0 unspecified atom stereocenters. The van der Waals surface area contributed by atoms with Gasteiger partial charge in [0.05, 0.1) is 0 Å². The minimum atomic E-state index is -1.14. The molecule has 0 rings (SSSR count). The molecule has 38 valence electrons. The molecule has 0 aliphatic rings. The van der Waals surface area contributed by atoms with Crippen LogP contribution < -0.4 is 0 Å². The van der Waals surface area contributed by atoms with Gasteiger partial charge in [0.2, 0.25) is 0 Å². The number of hydrogen-bond acceptors (Lipinski definition) is 2. The van der Waals surface area contributed by atoms with Crippen LogP contribution in [0.1, 0.15) is 0 Å². The number of halogens is 2. The summed E-state index contributed by atoms with van der Waals surface area (Å²) in [7, 11) is 0. The molecule has 0 N–H and O–H groups in total. The maximum Gasteiger partial charge on any atom is 0.304 e. The van der Waals surface area contributed by atoms with Crippen LogP contribution in [0.4, 0.5) is 0 Å². The van der Waals surface area contributed by atoms with Crippen LogP contribution in [0.5, 0.6) is 0 Å². The van der Waals surface area contributed by atoms with Crippen molar-refractivity contribution >= 4 is 61.0 Å². The second kappa shape index (κ2) is 4.99. The Morgan fingerprint density at radius 3 is 1.14 bits per heavy atom. The zero-order valence-electron chi connectivity index (χ0n) is 3.07. The van der Waals surface area contributed by atoms with Crippen LogP contribution in [0, 0.1) is 0 Å². The van der Waals surface area contributed by atoms with E-state index in [1.807, 2.05) is 0 Å². The van der Waals surface area contributed by atoms with E-state index in [2.05, 4.69) is 23.2 Å². The minimum absolute atomic E-state index is 0. The molecule has 0 fully saturated rings. The van der Waals surface area contributed by atoms with Gasteiger partial charge in [-0.15, -0.1) is 0 Å². The normalized spacial score (nSPS) is 6.57. The summed E-state index contributed by atoms with van der Waals surface area (Å²) in [4.78, 5) is 18.9. The van der Waals surface area contributed by atoms with E-state index < -0.39 is 10.5 Å². The largest absolute Gasteiger partial charge is 0.304 e. The molecule has 0 aromatic carbocycles. The molecule has 0 bridgehead atoms. The molecule has 0 aliphatic heterocycles. The fourth-order valence-electron chi connectivity index (χ4n) is 0. The Morgan fingerprint density at radius 1 is 1.00 bits per heavy atom. The predicted octanol–water partition coefficient (Wildman–Crippen LogP) is 0.136. The Balaban J connectivity index is 0. The average Bonchev–Trinajstić information content (AvgIpc) is 1.36. The molecule has 7 heavy (non-hydrogen) atoms. The van der Waals surface area contributed by atoms with E-state index in [-0.39, 0.29) is 27.3 Å². The Hall–Kier alpha value is 0.842. The van der Waals surface area contributed by atoms with E-state index in [0.717, 1.165) is 0 Å². The summed E-state index contributed by atoms with van der Waals surface area (Å²) in [6.07, 6.45) is 0. The second-order valence-electron chi connectivity index (χ2n) is 0.547. The molecule has 0 amide bonds. The quantitative estimate of drug-likeness (QED) is 0.388. The average molecular weight is 334 g/mol. The first kappa shape index (κ1) is 10.8. The van der Waals surface area contributed by atoms with Crippen LogP contribution in [-0.4, -0.2) is 37.8 Å². The fourth-order valence-corrected chi connectivity index (χ4v) is 0. The van der Waals surface area contributed by atoms with Crippen LogP contribution in [0.2, 0.25) is 0 Å². The molecule has 0 saturated carbocycles. The van der Waals surface area contributed by atoms with Gasteiger partial charge in [-0.1, -0.05) is 0 Å². The van der Waals surface area contributed by atoms with E-state index in [0.29, 0.717) is 0 Å². The van der Waals surface area contributed by atoms with E-state index in [1.165, 1.54) is 0 Å². The number of carbonyl (C=O) groups excluding carboxylic acids is 2. The van der Waals surface area contributed by atoms with Crippen molar-refractivity contribution in [2.75, 3.05) is 0 Å². The van der Waals surface area contributed by atoms with E-state index in [4.69, 9.17) is 0 Å². The maximum absolute atomic E-state index is 9.43. The van der Waals surface area contributed by atoms with Crippen molar-refractivity contribution in [1.29, 1.82) is 0 Å². The minimum Gasteiger partial charge on any atom is -0.271 e. The topological polar surface area (TPSA) is 34.1 Å². The van der Waals surface area contributed by atoms with Crippen molar-refractivity contribution in [3.05, 3.63) is 0 Å². The number of carbonyl (C=O) groups is 2. The van der Waals surface area contributed by atoms with Gasteiger partial charge >= 0.3 is 10.5 Å². The summed E-state index contributed by atoms with van der Waals surface area (Å²) in [6, 6.07) is 0. The molecule has 4 radical (unpaired) electrons. The van der Waals surface area contributed by atoms with Gasteiger partial charge in [0.25, 0.3) is 0 Å². The molecular weight excluding hydrogens is 334 g/mol. The Bertz CT molecular complexity index is 79.7. The summed E-state index contributed by atoms with van der Waals surface area (Å²) in [6.45, 7) is 0. The summed E-state index contributed by atoms with van der Waals surface area (Å²) in [5.41, 5.74) is 0. The number of hydrogen-bond donors (Lipinski definition) is 0. The first-order valence-corrected chi connectivity index (χ1v) is 1.79. The predicted molar refractivity (Wildman–Crippen MR) is 27.5 cm³/mol. The van der Waals surface area contributed by atoms with Gasteiger partial charge in [-0.05, 0) is 23.2 Å². The standard InChI is InChI=1S/C2Cl2O2.Pb/c3-1(5)2(4)6;. The van der Waals surface area contributed by atoms with Crippen LogP contribution in [-0.2, 0) is 9.59 Å². The molecule has 0 spiro atoms. The van der Waals surface area contributed by atoms with Gasteiger partial charge in [0.15, 0.2) is 0 Å². The van der Waals surface area contributed by atoms with Crippen molar-refractivity contribution in [2.45, 2.75) is 0 Å². The molecule has 0 aliphatic carbocycles. The SMILES string of the molecule is O=C(Cl)C(=O)Cl.[Pb]. The summed E-state index contributed by atoms with van der Waals surface area (Å²) in [5, 5.41) is -2.28. The van der Waals surface area contributed by atoms with E-state index in [1.54, 1.807) is 0 Å². The van der Waals surface area contributed by atoms with E-state index >= 15 is 0 Å². The third-order valence-corrected chi connectivity index (χ3v) is 0.595. The van der Waals surface area contributed by atoms with Crippen LogP contribution >= 0.6 is 23.2 Å².